The molecule has 0 saturated heterocycles. The van der Waals surface area contributed by atoms with Crippen molar-refractivity contribution in [2.45, 2.75) is 6.92 Å². The number of hydrogen-bond donors (Lipinski definition) is 1. The second-order valence-electron chi connectivity index (χ2n) is 2.25. The van der Waals surface area contributed by atoms with Gasteiger partial charge < -0.3 is 14.4 Å². The smallest absolute Gasteiger partial charge is 0.537 e. The van der Waals surface area contributed by atoms with E-state index in [0.717, 1.165) is 6.07 Å². The third-order valence-corrected chi connectivity index (χ3v) is 1.39. The largest absolute Gasteiger partial charge is 0.569 e. The molecule has 69 valence electrons. The maximum Gasteiger partial charge on any atom is 0.569 e. The number of benzene rings is 1. The van der Waals surface area contributed by atoms with Crippen molar-refractivity contribution in [3.63, 3.8) is 0 Å². The van der Waals surface area contributed by atoms with Crippen LogP contribution in [0, 0.1) is 5.82 Å². The third kappa shape index (κ3) is 2.63. The van der Waals surface area contributed by atoms with Crippen LogP contribution in [-0.2, 0) is 0 Å². The van der Waals surface area contributed by atoms with Gasteiger partial charge in [0.15, 0.2) is 11.6 Å². The van der Waals surface area contributed by atoms with Crippen LogP contribution in [-0.4, -0.2) is 19.3 Å². The summed E-state index contributed by atoms with van der Waals surface area (Å²) < 4.78 is 22.6. The molecule has 0 aliphatic heterocycles. The van der Waals surface area contributed by atoms with E-state index in [2.05, 4.69) is 4.65 Å². The van der Waals surface area contributed by atoms with Gasteiger partial charge in [0.05, 0.1) is 6.61 Å². The summed E-state index contributed by atoms with van der Waals surface area (Å²) in [6.45, 7) is 2.18. The predicted octanol–water partition coefficient (Wildman–Crippen LogP) is 1.13. The highest BCUT2D eigenvalue weighted by molar-refractivity contribution is 6.17. The highest BCUT2D eigenvalue weighted by atomic mass is 19.1. The van der Waals surface area contributed by atoms with Crippen LogP contribution in [0.15, 0.2) is 18.2 Å². The van der Waals surface area contributed by atoms with Crippen molar-refractivity contribution in [1.82, 2.24) is 0 Å². The molecular formula is C8H9BFO3. The Morgan fingerprint density at radius 1 is 1.54 bits per heavy atom. The summed E-state index contributed by atoms with van der Waals surface area (Å²) in [7, 11) is 0.495. The maximum atomic E-state index is 13.1. The molecule has 1 aromatic carbocycles. The Hall–Kier alpha value is -1.23. The first-order chi connectivity index (χ1) is 6.27. The van der Waals surface area contributed by atoms with Crippen molar-refractivity contribution in [3.8, 4) is 11.5 Å². The summed E-state index contributed by atoms with van der Waals surface area (Å²) in [6, 6.07) is 4.08. The molecule has 0 spiro atoms. The van der Waals surface area contributed by atoms with Crippen LogP contribution in [0.5, 0.6) is 11.5 Å². The van der Waals surface area contributed by atoms with Gasteiger partial charge in [-0.25, -0.2) is 4.39 Å². The summed E-state index contributed by atoms with van der Waals surface area (Å²) in [5, 5.41) is 8.28. The molecule has 1 radical (unpaired) electrons. The minimum atomic E-state index is -0.513. The van der Waals surface area contributed by atoms with Crippen molar-refractivity contribution in [2.75, 3.05) is 6.61 Å². The molecule has 3 nitrogen and oxygen atoms in total. The van der Waals surface area contributed by atoms with Gasteiger partial charge in [-0.15, -0.1) is 0 Å². The SMILES string of the molecule is CCOc1ccc(O[B]O)cc1F. The Labute approximate surface area is 76.4 Å². The number of ether oxygens (including phenoxy) is 1. The predicted molar refractivity (Wildman–Crippen MR) is 46.2 cm³/mol. The Kier molecular flexibility index (Phi) is 3.58. The lowest BCUT2D eigenvalue weighted by Crippen LogP contribution is -2.01. The fraction of sp³-hybridized carbons (Fsp3) is 0.250. The highest BCUT2D eigenvalue weighted by Gasteiger charge is 2.04. The van der Waals surface area contributed by atoms with Crippen molar-refractivity contribution >= 4 is 7.69 Å². The Bertz CT molecular complexity index is 280. The van der Waals surface area contributed by atoms with Gasteiger partial charge >= 0.3 is 7.69 Å². The summed E-state index contributed by atoms with van der Waals surface area (Å²) in [4.78, 5) is 0. The van der Waals surface area contributed by atoms with Crippen LogP contribution < -0.4 is 9.39 Å². The Morgan fingerprint density at radius 2 is 2.31 bits per heavy atom. The molecule has 0 unspecified atom stereocenters. The zero-order chi connectivity index (χ0) is 9.68. The molecule has 0 saturated carbocycles. The first kappa shape index (κ1) is 9.86. The van der Waals surface area contributed by atoms with E-state index in [1.54, 1.807) is 6.92 Å². The van der Waals surface area contributed by atoms with Gasteiger partial charge in [0, 0.05) is 6.07 Å². The molecule has 0 fully saturated rings. The summed E-state index contributed by atoms with van der Waals surface area (Å²) >= 11 is 0. The lowest BCUT2D eigenvalue weighted by molar-refractivity contribution is 0.320. The molecule has 0 atom stereocenters. The van der Waals surface area contributed by atoms with Crippen molar-refractivity contribution in [3.05, 3.63) is 24.0 Å². The minimum absolute atomic E-state index is 0.174. The minimum Gasteiger partial charge on any atom is -0.537 e. The van der Waals surface area contributed by atoms with Gasteiger partial charge in [-0.2, -0.15) is 0 Å². The van der Waals surface area contributed by atoms with Crippen LogP contribution in [0.3, 0.4) is 0 Å². The first-order valence-corrected chi connectivity index (χ1v) is 3.82. The van der Waals surface area contributed by atoms with Gasteiger partial charge in [0.25, 0.3) is 0 Å². The molecule has 0 amide bonds. The number of hydrogen-bond acceptors (Lipinski definition) is 3. The van der Waals surface area contributed by atoms with E-state index in [-0.39, 0.29) is 11.5 Å². The zero-order valence-corrected chi connectivity index (χ0v) is 7.16. The van der Waals surface area contributed by atoms with Gasteiger partial charge in [-0.3, -0.25) is 0 Å². The van der Waals surface area contributed by atoms with E-state index in [1.807, 2.05) is 0 Å². The molecule has 0 bridgehead atoms. The van der Waals surface area contributed by atoms with E-state index in [0.29, 0.717) is 14.3 Å². The van der Waals surface area contributed by atoms with Crippen LogP contribution in [0.1, 0.15) is 6.92 Å². The van der Waals surface area contributed by atoms with Gasteiger partial charge in [0.1, 0.15) is 5.75 Å². The third-order valence-electron chi connectivity index (χ3n) is 1.39. The first-order valence-electron chi connectivity index (χ1n) is 3.82. The molecule has 1 aromatic rings. The molecule has 5 heteroatoms. The number of rotatable bonds is 4. The maximum absolute atomic E-state index is 13.1. The fourth-order valence-corrected chi connectivity index (χ4v) is 0.888. The van der Waals surface area contributed by atoms with E-state index in [9.17, 15) is 4.39 Å². The molecule has 0 aromatic heterocycles. The van der Waals surface area contributed by atoms with E-state index < -0.39 is 5.82 Å². The normalized spacial score (nSPS) is 9.46. The van der Waals surface area contributed by atoms with Gasteiger partial charge in [-0.1, -0.05) is 0 Å². The highest BCUT2D eigenvalue weighted by Crippen LogP contribution is 2.22. The fourth-order valence-electron chi connectivity index (χ4n) is 0.888. The average Bonchev–Trinajstić information content (AvgIpc) is 2.10. The Morgan fingerprint density at radius 3 is 2.85 bits per heavy atom. The molecule has 1 N–H and O–H groups in total. The number of halogens is 1. The van der Waals surface area contributed by atoms with Crippen LogP contribution in [0.4, 0.5) is 4.39 Å². The lowest BCUT2D eigenvalue weighted by atomic mass is 10.3. The van der Waals surface area contributed by atoms with Crippen molar-refractivity contribution in [2.24, 2.45) is 0 Å². The van der Waals surface area contributed by atoms with Crippen molar-refractivity contribution < 1.29 is 18.8 Å². The molecule has 0 aliphatic rings. The van der Waals surface area contributed by atoms with E-state index in [4.69, 9.17) is 9.76 Å². The molecule has 0 aliphatic carbocycles. The molecule has 0 heterocycles. The monoisotopic (exact) mass is 183 g/mol. The van der Waals surface area contributed by atoms with E-state index in [1.165, 1.54) is 12.1 Å². The van der Waals surface area contributed by atoms with Crippen molar-refractivity contribution in [1.29, 1.82) is 0 Å². The van der Waals surface area contributed by atoms with Crippen LogP contribution >= 0.6 is 0 Å². The Balaban J connectivity index is 2.79. The van der Waals surface area contributed by atoms with Gasteiger partial charge in [0.2, 0.25) is 0 Å². The molecule has 13 heavy (non-hydrogen) atoms. The zero-order valence-electron chi connectivity index (χ0n) is 7.16. The van der Waals surface area contributed by atoms with E-state index >= 15 is 0 Å². The second kappa shape index (κ2) is 4.72. The molecular weight excluding hydrogens is 174 g/mol. The quantitative estimate of drug-likeness (QED) is 0.711. The molecule has 1 rings (SSSR count). The summed E-state index contributed by atoms with van der Waals surface area (Å²) in [5.74, 6) is -0.113. The summed E-state index contributed by atoms with van der Waals surface area (Å²) in [5.41, 5.74) is 0. The standard InChI is InChI=1S/C8H9BFO3/c1-2-12-8-4-3-6(13-9-11)5-7(8)10/h3-5,11H,2H2,1H3. The van der Waals surface area contributed by atoms with Crippen LogP contribution in [0.2, 0.25) is 0 Å². The average molecular weight is 183 g/mol. The lowest BCUT2D eigenvalue weighted by Gasteiger charge is -2.06. The second-order valence-corrected chi connectivity index (χ2v) is 2.25. The summed E-state index contributed by atoms with van der Waals surface area (Å²) in [6.07, 6.45) is 0. The van der Waals surface area contributed by atoms with Crippen LogP contribution in [0.25, 0.3) is 0 Å². The van der Waals surface area contributed by atoms with Gasteiger partial charge in [-0.05, 0) is 19.1 Å². The topological polar surface area (TPSA) is 38.7 Å².